The standard InChI is InChI=1S/C23H28BrN3O6/c1-4-5-12-25-23(29)16(2)26(14-17-6-8-18(24)9-7-17)22(28)15-33-19-10-11-20(27(30)31)21(13-19)32-3/h6-11,13,16H,4-5,12,14-15H2,1-3H3,(H,25,29)/t16-/m1/s1. The van der Waals surface area contributed by atoms with Crippen molar-refractivity contribution >= 4 is 33.4 Å². The smallest absolute Gasteiger partial charge is 0.311 e. The summed E-state index contributed by atoms with van der Waals surface area (Å²) in [4.78, 5) is 37.6. The Kier molecular flexibility index (Phi) is 10.1. The van der Waals surface area contributed by atoms with E-state index in [9.17, 15) is 19.7 Å². The van der Waals surface area contributed by atoms with Gasteiger partial charge in [-0.1, -0.05) is 41.4 Å². The summed E-state index contributed by atoms with van der Waals surface area (Å²) in [5.41, 5.74) is 0.655. The fraction of sp³-hybridized carbons (Fsp3) is 0.391. The molecule has 0 fully saturated rings. The Bertz CT molecular complexity index is 967. The molecule has 0 aromatic heterocycles. The average Bonchev–Trinajstić information content (AvgIpc) is 2.81. The van der Waals surface area contributed by atoms with Gasteiger partial charge in [0, 0.05) is 29.7 Å². The van der Waals surface area contributed by atoms with Gasteiger partial charge in [0.2, 0.25) is 11.7 Å². The predicted molar refractivity (Wildman–Crippen MR) is 127 cm³/mol. The first kappa shape index (κ1) is 26.1. The molecular formula is C23H28BrN3O6. The van der Waals surface area contributed by atoms with Crippen LogP contribution in [0.2, 0.25) is 0 Å². The first-order chi connectivity index (χ1) is 15.8. The summed E-state index contributed by atoms with van der Waals surface area (Å²) in [7, 11) is 1.32. The molecule has 1 atom stereocenters. The van der Waals surface area contributed by atoms with Gasteiger partial charge in [-0.3, -0.25) is 19.7 Å². The molecule has 10 heteroatoms. The number of nitro benzene ring substituents is 1. The van der Waals surface area contributed by atoms with Crippen molar-refractivity contribution in [3.05, 3.63) is 62.6 Å². The molecule has 0 aliphatic rings. The topological polar surface area (TPSA) is 111 Å². The van der Waals surface area contributed by atoms with Gasteiger partial charge in [-0.2, -0.15) is 0 Å². The molecule has 0 aliphatic carbocycles. The zero-order valence-corrected chi connectivity index (χ0v) is 20.5. The highest BCUT2D eigenvalue weighted by molar-refractivity contribution is 9.10. The van der Waals surface area contributed by atoms with E-state index in [1.807, 2.05) is 31.2 Å². The van der Waals surface area contributed by atoms with Crippen molar-refractivity contribution in [3.8, 4) is 11.5 Å². The first-order valence-electron chi connectivity index (χ1n) is 10.5. The number of ether oxygens (including phenoxy) is 2. The maximum Gasteiger partial charge on any atom is 0.311 e. The van der Waals surface area contributed by atoms with Crippen molar-refractivity contribution in [2.24, 2.45) is 0 Å². The van der Waals surface area contributed by atoms with Crippen LogP contribution in [0.3, 0.4) is 0 Å². The third-order valence-electron chi connectivity index (χ3n) is 4.97. The van der Waals surface area contributed by atoms with Gasteiger partial charge in [-0.05, 0) is 37.1 Å². The number of nitro groups is 1. The summed E-state index contributed by atoms with van der Waals surface area (Å²) in [6, 6.07) is 10.8. The number of amides is 2. The zero-order valence-electron chi connectivity index (χ0n) is 18.9. The monoisotopic (exact) mass is 521 g/mol. The highest BCUT2D eigenvalue weighted by atomic mass is 79.9. The lowest BCUT2D eigenvalue weighted by Gasteiger charge is -2.28. The summed E-state index contributed by atoms with van der Waals surface area (Å²) in [6.45, 7) is 4.13. The van der Waals surface area contributed by atoms with E-state index >= 15 is 0 Å². The largest absolute Gasteiger partial charge is 0.490 e. The second kappa shape index (κ2) is 12.8. The fourth-order valence-corrected chi connectivity index (χ4v) is 3.30. The minimum absolute atomic E-state index is 0.0281. The lowest BCUT2D eigenvalue weighted by molar-refractivity contribution is -0.385. The van der Waals surface area contributed by atoms with Crippen LogP contribution in [0.15, 0.2) is 46.9 Å². The molecule has 0 unspecified atom stereocenters. The lowest BCUT2D eigenvalue weighted by Crippen LogP contribution is -2.49. The number of hydrogen-bond acceptors (Lipinski definition) is 6. The maximum absolute atomic E-state index is 13.1. The zero-order chi connectivity index (χ0) is 24.4. The number of methoxy groups -OCH3 is 1. The highest BCUT2D eigenvalue weighted by Crippen LogP contribution is 2.30. The number of unbranched alkanes of at least 4 members (excludes halogenated alkanes) is 1. The van der Waals surface area contributed by atoms with E-state index < -0.39 is 16.9 Å². The minimum Gasteiger partial charge on any atom is -0.490 e. The molecule has 0 bridgehead atoms. The second-order valence-electron chi connectivity index (χ2n) is 7.35. The molecular weight excluding hydrogens is 494 g/mol. The molecule has 2 aromatic rings. The summed E-state index contributed by atoms with van der Waals surface area (Å²) in [6.07, 6.45) is 1.80. The van der Waals surface area contributed by atoms with Crippen LogP contribution in [-0.4, -0.2) is 47.9 Å². The number of rotatable bonds is 12. The molecule has 1 N–H and O–H groups in total. The molecule has 33 heavy (non-hydrogen) atoms. The van der Waals surface area contributed by atoms with Crippen LogP contribution in [0.1, 0.15) is 32.3 Å². The van der Waals surface area contributed by atoms with Crippen molar-refractivity contribution in [3.63, 3.8) is 0 Å². The van der Waals surface area contributed by atoms with Gasteiger partial charge in [0.05, 0.1) is 12.0 Å². The number of carbonyl (C=O) groups is 2. The predicted octanol–water partition coefficient (Wildman–Crippen LogP) is 4.08. The molecule has 0 saturated carbocycles. The van der Waals surface area contributed by atoms with Gasteiger partial charge in [-0.25, -0.2) is 0 Å². The fourth-order valence-electron chi connectivity index (χ4n) is 3.03. The summed E-state index contributed by atoms with van der Waals surface area (Å²) in [5.74, 6) is -0.367. The Labute approximate surface area is 201 Å². The van der Waals surface area contributed by atoms with Crippen molar-refractivity contribution in [1.29, 1.82) is 0 Å². The molecule has 2 amide bonds. The molecule has 178 valence electrons. The van der Waals surface area contributed by atoms with Gasteiger partial charge in [-0.15, -0.1) is 0 Å². The second-order valence-corrected chi connectivity index (χ2v) is 8.26. The van der Waals surface area contributed by atoms with Gasteiger partial charge >= 0.3 is 5.69 Å². The van der Waals surface area contributed by atoms with Crippen LogP contribution in [0.4, 0.5) is 5.69 Å². The number of nitrogens with zero attached hydrogens (tertiary/aromatic N) is 2. The molecule has 2 aromatic carbocycles. The molecule has 0 saturated heterocycles. The molecule has 9 nitrogen and oxygen atoms in total. The minimum atomic E-state index is -0.715. The van der Waals surface area contributed by atoms with Crippen molar-refractivity contribution in [1.82, 2.24) is 10.2 Å². The summed E-state index contributed by atoms with van der Waals surface area (Å²) < 4.78 is 11.5. The maximum atomic E-state index is 13.1. The number of nitrogens with one attached hydrogen (secondary N) is 1. The Morgan fingerprint density at radius 3 is 2.52 bits per heavy atom. The third kappa shape index (κ3) is 7.74. The van der Waals surface area contributed by atoms with Crippen LogP contribution in [-0.2, 0) is 16.1 Å². The summed E-state index contributed by atoms with van der Waals surface area (Å²) in [5, 5.41) is 13.9. The molecule has 0 spiro atoms. The summed E-state index contributed by atoms with van der Waals surface area (Å²) >= 11 is 3.39. The van der Waals surface area contributed by atoms with Crippen LogP contribution in [0, 0.1) is 10.1 Å². The van der Waals surface area contributed by atoms with E-state index in [0.29, 0.717) is 6.54 Å². The van der Waals surface area contributed by atoms with Gasteiger partial charge in [0.25, 0.3) is 5.91 Å². The van der Waals surface area contributed by atoms with Gasteiger partial charge in [0.15, 0.2) is 6.61 Å². The Morgan fingerprint density at radius 1 is 1.21 bits per heavy atom. The Hall–Kier alpha value is -3.14. The van der Waals surface area contributed by atoms with E-state index in [-0.39, 0.29) is 36.2 Å². The van der Waals surface area contributed by atoms with Crippen LogP contribution in [0.25, 0.3) is 0 Å². The van der Waals surface area contributed by atoms with Gasteiger partial charge < -0.3 is 19.7 Å². The normalized spacial score (nSPS) is 11.4. The first-order valence-corrected chi connectivity index (χ1v) is 11.3. The van der Waals surface area contributed by atoms with E-state index in [1.54, 1.807) is 6.92 Å². The highest BCUT2D eigenvalue weighted by Gasteiger charge is 2.26. The number of carbonyl (C=O) groups excluding carboxylic acids is 2. The van der Waals surface area contributed by atoms with E-state index in [0.717, 1.165) is 22.9 Å². The molecule has 0 heterocycles. The van der Waals surface area contributed by atoms with E-state index in [2.05, 4.69) is 21.2 Å². The lowest BCUT2D eigenvalue weighted by atomic mass is 10.1. The van der Waals surface area contributed by atoms with Crippen LogP contribution >= 0.6 is 15.9 Å². The van der Waals surface area contributed by atoms with Crippen LogP contribution < -0.4 is 14.8 Å². The molecule has 0 radical (unpaired) electrons. The van der Waals surface area contributed by atoms with Crippen LogP contribution in [0.5, 0.6) is 11.5 Å². The Balaban J connectivity index is 2.15. The van der Waals surface area contributed by atoms with Crippen molar-refractivity contribution in [2.45, 2.75) is 39.3 Å². The molecule has 2 rings (SSSR count). The van der Waals surface area contributed by atoms with Crippen molar-refractivity contribution in [2.75, 3.05) is 20.3 Å². The van der Waals surface area contributed by atoms with E-state index in [1.165, 1.54) is 30.2 Å². The van der Waals surface area contributed by atoms with E-state index in [4.69, 9.17) is 9.47 Å². The quantitative estimate of drug-likeness (QED) is 0.256. The molecule has 0 aliphatic heterocycles. The Morgan fingerprint density at radius 2 is 1.91 bits per heavy atom. The van der Waals surface area contributed by atoms with Gasteiger partial charge in [0.1, 0.15) is 11.8 Å². The van der Waals surface area contributed by atoms with Crippen molar-refractivity contribution < 1.29 is 24.0 Å². The third-order valence-corrected chi connectivity index (χ3v) is 5.50. The number of halogens is 1. The number of hydrogen-bond donors (Lipinski definition) is 1. The number of benzene rings is 2. The SMILES string of the molecule is CCCCNC(=O)[C@@H](C)N(Cc1ccc(Br)cc1)C(=O)COc1ccc([N+](=O)[O-])c(OC)c1. The average molecular weight is 522 g/mol.